The maximum absolute atomic E-state index is 12.8. The number of hydrogen-bond acceptors (Lipinski definition) is 2. The van der Waals surface area contributed by atoms with E-state index in [4.69, 9.17) is 18.0 Å². The molecule has 0 atom stereocenters. The molecular formula is C14H26N2OS. The van der Waals surface area contributed by atoms with Crippen molar-refractivity contribution in [1.82, 2.24) is 4.90 Å². The van der Waals surface area contributed by atoms with Crippen LogP contribution in [-0.2, 0) is 4.79 Å². The third-order valence-electron chi connectivity index (χ3n) is 3.88. The summed E-state index contributed by atoms with van der Waals surface area (Å²) in [7, 11) is 0. The van der Waals surface area contributed by atoms with E-state index in [1.165, 1.54) is 6.42 Å². The predicted molar refractivity (Wildman–Crippen MR) is 79.5 cm³/mol. The second kappa shape index (κ2) is 7.07. The van der Waals surface area contributed by atoms with Gasteiger partial charge in [0, 0.05) is 13.1 Å². The van der Waals surface area contributed by atoms with Crippen molar-refractivity contribution in [1.29, 1.82) is 0 Å². The number of carbonyl (C=O) groups excluding carboxylic acids is 1. The van der Waals surface area contributed by atoms with E-state index in [9.17, 15) is 4.79 Å². The SMILES string of the molecule is CCCC(CCC)(C(=O)N1CCCCC1)C(N)=S. The first-order valence-electron chi connectivity index (χ1n) is 7.17. The van der Waals surface area contributed by atoms with Crippen LogP contribution in [0.5, 0.6) is 0 Å². The van der Waals surface area contributed by atoms with Crippen LogP contribution in [0.15, 0.2) is 0 Å². The van der Waals surface area contributed by atoms with E-state index < -0.39 is 5.41 Å². The molecule has 1 rings (SSSR count). The maximum atomic E-state index is 12.8. The lowest BCUT2D eigenvalue weighted by atomic mass is 9.77. The summed E-state index contributed by atoms with van der Waals surface area (Å²) in [6.45, 7) is 5.92. The van der Waals surface area contributed by atoms with Crippen LogP contribution in [0.1, 0.15) is 58.8 Å². The number of likely N-dealkylation sites (tertiary alicyclic amines) is 1. The van der Waals surface area contributed by atoms with Gasteiger partial charge in [0.05, 0.1) is 10.4 Å². The number of nitrogens with zero attached hydrogens (tertiary/aromatic N) is 1. The fraction of sp³-hybridized carbons (Fsp3) is 0.857. The molecule has 0 aromatic heterocycles. The van der Waals surface area contributed by atoms with Crippen molar-refractivity contribution in [2.45, 2.75) is 58.8 Å². The first kappa shape index (κ1) is 15.4. The van der Waals surface area contributed by atoms with E-state index in [0.717, 1.165) is 51.6 Å². The molecule has 18 heavy (non-hydrogen) atoms. The summed E-state index contributed by atoms with van der Waals surface area (Å²) in [6.07, 6.45) is 6.89. The largest absolute Gasteiger partial charge is 0.392 e. The van der Waals surface area contributed by atoms with Crippen LogP contribution >= 0.6 is 12.2 Å². The van der Waals surface area contributed by atoms with Crippen molar-refractivity contribution in [2.75, 3.05) is 13.1 Å². The monoisotopic (exact) mass is 270 g/mol. The summed E-state index contributed by atoms with van der Waals surface area (Å²) >= 11 is 5.24. The minimum Gasteiger partial charge on any atom is -0.392 e. The van der Waals surface area contributed by atoms with E-state index in [1.807, 2.05) is 4.90 Å². The van der Waals surface area contributed by atoms with Gasteiger partial charge in [-0.05, 0) is 32.1 Å². The molecule has 0 radical (unpaired) electrons. The molecule has 2 N–H and O–H groups in total. The van der Waals surface area contributed by atoms with Gasteiger partial charge >= 0.3 is 0 Å². The zero-order valence-electron chi connectivity index (χ0n) is 11.7. The zero-order valence-corrected chi connectivity index (χ0v) is 12.5. The van der Waals surface area contributed by atoms with Crippen LogP contribution in [0.25, 0.3) is 0 Å². The van der Waals surface area contributed by atoms with Crippen molar-refractivity contribution >= 4 is 23.1 Å². The smallest absolute Gasteiger partial charge is 0.235 e. The average molecular weight is 270 g/mol. The highest BCUT2D eigenvalue weighted by atomic mass is 32.1. The normalized spacial score (nSPS) is 16.7. The Morgan fingerprint density at radius 1 is 1.17 bits per heavy atom. The Morgan fingerprint density at radius 3 is 2.06 bits per heavy atom. The fourth-order valence-electron chi connectivity index (χ4n) is 2.94. The first-order valence-corrected chi connectivity index (χ1v) is 7.58. The van der Waals surface area contributed by atoms with Crippen molar-refractivity contribution in [3.05, 3.63) is 0 Å². The number of amides is 1. The minimum absolute atomic E-state index is 0.179. The van der Waals surface area contributed by atoms with Gasteiger partial charge in [0.25, 0.3) is 0 Å². The van der Waals surface area contributed by atoms with Gasteiger partial charge in [-0.15, -0.1) is 0 Å². The summed E-state index contributed by atoms with van der Waals surface area (Å²) in [5.41, 5.74) is 5.35. The fourth-order valence-corrected chi connectivity index (χ4v) is 3.24. The van der Waals surface area contributed by atoms with Gasteiger partial charge in [0.15, 0.2) is 0 Å². The molecule has 0 aliphatic carbocycles. The van der Waals surface area contributed by atoms with E-state index in [0.29, 0.717) is 4.99 Å². The maximum Gasteiger partial charge on any atom is 0.235 e. The number of rotatable bonds is 6. The van der Waals surface area contributed by atoms with Crippen molar-refractivity contribution in [2.24, 2.45) is 11.1 Å². The first-order chi connectivity index (χ1) is 8.58. The molecule has 1 amide bonds. The van der Waals surface area contributed by atoms with Crippen LogP contribution in [0.2, 0.25) is 0 Å². The molecule has 1 aliphatic heterocycles. The Kier molecular flexibility index (Phi) is 6.06. The molecule has 1 heterocycles. The van der Waals surface area contributed by atoms with Crippen molar-refractivity contribution in [3.63, 3.8) is 0 Å². The van der Waals surface area contributed by atoms with E-state index in [1.54, 1.807) is 0 Å². The Hall–Kier alpha value is -0.640. The van der Waals surface area contributed by atoms with Crippen LogP contribution < -0.4 is 5.73 Å². The lowest BCUT2D eigenvalue weighted by Crippen LogP contribution is -2.52. The third kappa shape index (κ3) is 3.22. The predicted octanol–water partition coefficient (Wildman–Crippen LogP) is 2.87. The number of carbonyl (C=O) groups is 1. The summed E-state index contributed by atoms with van der Waals surface area (Å²) in [6, 6.07) is 0. The highest BCUT2D eigenvalue weighted by Gasteiger charge is 2.42. The summed E-state index contributed by atoms with van der Waals surface area (Å²) in [5.74, 6) is 0.179. The molecule has 1 aliphatic rings. The van der Waals surface area contributed by atoms with E-state index in [-0.39, 0.29) is 5.91 Å². The Morgan fingerprint density at radius 2 is 1.67 bits per heavy atom. The Balaban J connectivity index is 2.91. The van der Waals surface area contributed by atoms with Crippen LogP contribution in [0.4, 0.5) is 0 Å². The summed E-state index contributed by atoms with van der Waals surface area (Å²) < 4.78 is 0. The number of piperidine rings is 1. The molecule has 1 saturated heterocycles. The molecule has 0 bridgehead atoms. The molecule has 0 aromatic rings. The lowest BCUT2D eigenvalue weighted by Gasteiger charge is -2.38. The molecule has 0 unspecified atom stereocenters. The van der Waals surface area contributed by atoms with Crippen LogP contribution in [0.3, 0.4) is 0 Å². The topological polar surface area (TPSA) is 46.3 Å². The van der Waals surface area contributed by atoms with Gasteiger partial charge in [-0.25, -0.2) is 0 Å². The molecule has 0 saturated carbocycles. The Labute approximate surface area is 116 Å². The average Bonchev–Trinajstić information content (AvgIpc) is 2.38. The van der Waals surface area contributed by atoms with Gasteiger partial charge in [0.1, 0.15) is 0 Å². The minimum atomic E-state index is -0.587. The van der Waals surface area contributed by atoms with E-state index in [2.05, 4.69) is 13.8 Å². The second-order valence-electron chi connectivity index (χ2n) is 5.30. The molecule has 0 aromatic carbocycles. The molecule has 0 spiro atoms. The highest BCUT2D eigenvalue weighted by molar-refractivity contribution is 7.80. The van der Waals surface area contributed by atoms with Crippen molar-refractivity contribution < 1.29 is 4.79 Å². The van der Waals surface area contributed by atoms with Gasteiger partial charge in [-0.3, -0.25) is 4.79 Å². The molecule has 1 fully saturated rings. The van der Waals surface area contributed by atoms with Gasteiger partial charge in [-0.1, -0.05) is 38.9 Å². The molecule has 4 heteroatoms. The van der Waals surface area contributed by atoms with Gasteiger partial charge in [0.2, 0.25) is 5.91 Å². The number of hydrogen-bond donors (Lipinski definition) is 1. The quantitative estimate of drug-likeness (QED) is 0.755. The zero-order chi connectivity index (χ0) is 13.6. The van der Waals surface area contributed by atoms with Gasteiger partial charge < -0.3 is 10.6 Å². The van der Waals surface area contributed by atoms with Crippen LogP contribution in [0, 0.1) is 5.41 Å². The van der Waals surface area contributed by atoms with Crippen molar-refractivity contribution in [3.8, 4) is 0 Å². The lowest BCUT2D eigenvalue weighted by molar-refractivity contribution is -0.140. The highest BCUT2D eigenvalue weighted by Crippen LogP contribution is 2.33. The van der Waals surface area contributed by atoms with Gasteiger partial charge in [-0.2, -0.15) is 0 Å². The van der Waals surface area contributed by atoms with E-state index >= 15 is 0 Å². The van der Waals surface area contributed by atoms with Crippen LogP contribution in [-0.4, -0.2) is 28.9 Å². The number of thiocarbonyl (C=S) groups is 1. The molecular weight excluding hydrogens is 244 g/mol. The summed E-state index contributed by atoms with van der Waals surface area (Å²) in [4.78, 5) is 15.2. The third-order valence-corrected chi connectivity index (χ3v) is 4.27. The molecule has 104 valence electrons. The second-order valence-corrected chi connectivity index (χ2v) is 5.74. The number of nitrogens with two attached hydrogens (primary N) is 1. The standard InChI is InChI=1S/C14H26N2OS/c1-3-8-14(9-4-2,12(15)18)13(17)16-10-6-5-7-11-16/h3-11H2,1-2H3,(H2,15,18). The summed E-state index contributed by atoms with van der Waals surface area (Å²) in [5, 5.41) is 0. The Bertz CT molecular complexity index is 292. The molecule has 3 nitrogen and oxygen atoms in total.